The monoisotopic (exact) mass is 677 g/mol. The van der Waals surface area contributed by atoms with Crippen LogP contribution in [0.5, 0.6) is 0 Å². The lowest BCUT2D eigenvalue weighted by atomic mass is 9.46. The van der Waals surface area contributed by atoms with Crippen LogP contribution < -0.4 is 0 Å². The molecule has 8 rings (SSSR count). The fourth-order valence-corrected chi connectivity index (χ4v) is 13.3. The molecule has 9 nitrogen and oxygen atoms in total. The van der Waals surface area contributed by atoms with Crippen molar-refractivity contribution in [3.63, 3.8) is 0 Å². The number of esters is 1. The third-order valence-electron chi connectivity index (χ3n) is 15.7. The Morgan fingerprint density at radius 2 is 1.75 bits per heavy atom. The average Bonchev–Trinajstić information content (AvgIpc) is 3.60. The highest BCUT2D eigenvalue weighted by Crippen LogP contribution is 2.87. The van der Waals surface area contributed by atoms with Gasteiger partial charge in [0.2, 0.25) is 0 Å². The second-order valence-electron chi connectivity index (χ2n) is 18.4. The van der Waals surface area contributed by atoms with Crippen molar-refractivity contribution in [2.45, 2.75) is 155 Å². The Labute approximate surface area is 290 Å². The lowest BCUT2D eigenvalue weighted by Gasteiger charge is -2.60. The molecule has 8 aliphatic rings. The second kappa shape index (κ2) is 12.7. The van der Waals surface area contributed by atoms with Crippen LogP contribution in [0.1, 0.15) is 114 Å². The zero-order chi connectivity index (χ0) is 34.3. The molecule has 0 aromatic heterocycles. The van der Waals surface area contributed by atoms with E-state index in [-0.39, 0.29) is 37.4 Å². The molecule has 2 N–H and O–H groups in total. The Balaban J connectivity index is 0.00000136. The topological polar surface area (TPSA) is 107 Å². The summed E-state index contributed by atoms with van der Waals surface area (Å²) in [4.78, 5) is 14.8. The van der Waals surface area contributed by atoms with Crippen molar-refractivity contribution in [2.75, 3.05) is 40.0 Å². The van der Waals surface area contributed by atoms with Crippen LogP contribution >= 0.6 is 0 Å². The smallest absolute Gasteiger partial charge is 0.305 e. The minimum atomic E-state index is -1.14. The van der Waals surface area contributed by atoms with Gasteiger partial charge in [-0.25, -0.2) is 0 Å². The summed E-state index contributed by atoms with van der Waals surface area (Å²) in [5.74, 6) is 2.49. The zero-order valence-electron chi connectivity index (χ0n) is 30.9. The maximum Gasteiger partial charge on any atom is 0.305 e. The van der Waals surface area contributed by atoms with Gasteiger partial charge in [-0.2, -0.15) is 0 Å². The van der Waals surface area contributed by atoms with Gasteiger partial charge in [0.1, 0.15) is 0 Å². The van der Waals surface area contributed by atoms with E-state index < -0.39 is 11.7 Å². The normalized spacial score (nSPS) is 47.0. The van der Waals surface area contributed by atoms with Crippen LogP contribution in [0.25, 0.3) is 0 Å². The third kappa shape index (κ3) is 5.45. The molecule has 8 fully saturated rings. The number of ether oxygens (including phenoxy) is 5. The maximum absolute atomic E-state index is 12.3. The Hall–Kier alpha value is -0.810. The van der Waals surface area contributed by atoms with Crippen LogP contribution in [0, 0.1) is 45.3 Å². The number of aliphatic hydroxyl groups is 2. The number of carbonyl (C=O) groups is 1. The largest absolute Gasteiger partial charge is 0.457 e. The SMILES string of the molecule is CCC(=O)O[C@@H](C1CCC2C(CC3C4CCC5C(C)(C)[C@@H](OC6CN(C7COC7)CCO6)CCC56C[C@@]46CCC23C)O1)C(C)(C)O.CO.[HH]. The van der Waals surface area contributed by atoms with E-state index in [0.717, 1.165) is 71.6 Å². The first-order valence-corrected chi connectivity index (χ1v) is 19.4. The van der Waals surface area contributed by atoms with Gasteiger partial charge in [0.05, 0.1) is 56.3 Å². The molecule has 0 bridgehead atoms. The lowest BCUT2D eigenvalue weighted by Crippen LogP contribution is -2.58. The molecule has 3 aliphatic heterocycles. The van der Waals surface area contributed by atoms with Gasteiger partial charge in [0.15, 0.2) is 12.4 Å². The predicted octanol–water partition coefficient (Wildman–Crippen LogP) is 5.58. The molecule has 0 radical (unpaired) electrons. The molecule has 0 aromatic rings. The molecule has 12 atom stereocenters. The summed E-state index contributed by atoms with van der Waals surface area (Å²) >= 11 is 0. The molecule has 48 heavy (non-hydrogen) atoms. The molecule has 9 unspecified atom stereocenters. The molecule has 0 aromatic carbocycles. The number of nitrogens with zero attached hydrogens (tertiary/aromatic N) is 1. The van der Waals surface area contributed by atoms with Crippen molar-refractivity contribution in [3.05, 3.63) is 0 Å². The number of hydrogen-bond acceptors (Lipinski definition) is 9. The molecule has 5 aliphatic carbocycles. The Bertz CT molecular complexity index is 1190. The highest BCUT2D eigenvalue weighted by molar-refractivity contribution is 5.69. The summed E-state index contributed by atoms with van der Waals surface area (Å²) in [7, 11) is 1.00. The number of aliphatic hydroxyl groups excluding tert-OH is 1. The van der Waals surface area contributed by atoms with Crippen molar-refractivity contribution in [2.24, 2.45) is 45.3 Å². The molecule has 5 saturated carbocycles. The van der Waals surface area contributed by atoms with Crippen molar-refractivity contribution in [1.29, 1.82) is 0 Å². The summed E-state index contributed by atoms with van der Waals surface area (Å²) in [5, 5.41) is 18.0. The van der Waals surface area contributed by atoms with Gasteiger partial charge in [0.25, 0.3) is 0 Å². The molecule has 9 heteroatoms. The van der Waals surface area contributed by atoms with Gasteiger partial charge in [-0.05, 0) is 123 Å². The predicted molar refractivity (Wildman–Crippen MR) is 183 cm³/mol. The molecular weight excluding hydrogens is 610 g/mol. The molecule has 0 amide bonds. The van der Waals surface area contributed by atoms with Gasteiger partial charge < -0.3 is 33.9 Å². The Morgan fingerprint density at radius 3 is 2.44 bits per heavy atom. The van der Waals surface area contributed by atoms with Crippen LogP contribution in [0.3, 0.4) is 0 Å². The number of carbonyl (C=O) groups excluding carboxylic acids is 1. The van der Waals surface area contributed by atoms with Crippen LogP contribution in [0.4, 0.5) is 0 Å². The minimum absolute atomic E-state index is 0. The summed E-state index contributed by atoms with van der Waals surface area (Å²) < 4.78 is 31.3. The summed E-state index contributed by atoms with van der Waals surface area (Å²) in [6.07, 6.45) is 12.1. The van der Waals surface area contributed by atoms with E-state index >= 15 is 0 Å². The van der Waals surface area contributed by atoms with E-state index in [4.69, 9.17) is 28.8 Å². The van der Waals surface area contributed by atoms with Gasteiger partial charge in [-0.1, -0.05) is 27.7 Å². The zero-order valence-corrected chi connectivity index (χ0v) is 30.9. The fraction of sp³-hybridized carbons (Fsp3) is 0.974. The first kappa shape index (κ1) is 35.6. The lowest BCUT2D eigenvalue weighted by molar-refractivity contribution is -0.253. The highest BCUT2D eigenvalue weighted by atomic mass is 16.7. The van der Waals surface area contributed by atoms with Crippen molar-refractivity contribution < 1.29 is 40.1 Å². The third-order valence-corrected chi connectivity index (χ3v) is 15.7. The number of rotatable bonds is 7. The van der Waals surface area contributed by atoms with Crippen LogP contribution in [0.15, 0.2) is 0 Å². The van der Waals surface area contributed by atoms with Crippen molar-refractivity contribution in [1.82, 2.24) is 4.90 Å². The first-order valence-electron chi connectivity index (χ1n) is 19.4. The van der Waals surface area contributed by atoms with Gasteiger partial charge in [-0.3, -0.25) is 9.69 Å². The van der Waals surface area contributed by atoms with Crippen LogP contribution in [-0.2, 0) is 28.5 Å². The number of morpholine rings is 1. The van der Waals surface area contributed by atoms with E-state index in [2.05, 4.69) is 25.7 Å². The van der Waals surface area contributed by atoms with E-state index in [1.54, 1.807) is 13.8 Å². The quantitative estimate of drug-likeness (QED) is 0.334. The molecule has 2 spiro atoms. The molecule has 3 heterocycles. The Morgan fingerprint density at radius 1 is 1.00 bits per heavy atom. The molecular formula is C39H67NO8. The number of fused-ring (bicyclic) bond motifs is 4. The highest BCUT2D eigenvalue weighted by Gasteiger charge is 2.80. The number of hydrogen-bond donors (Lipinski definition) is 2. The van der Waals surface area contributed by atoms with Gasteiger partial charge in [0, 0.05) is 21.5 Å². The Kier molecular flexibility index (Phi) is 9.41. The van der Waals surface area contributed by atoms with E-state index in [1.165, 1.54) is 38.5 Å². The van der Waals surface area contributed by atoms with Crippen molar-refractivity contribution in [3.8, 4) is 0 Å². The van der Waals surface area contributed by atoms with E-state index in [0.29, 0.717) is 46.5 Å². The average molecular weight is 678 g/mol. The second-order valence-corrected chi connectivity index (χ2v) is 18.4. The molecule has 276 valence electrons. The minimum Gasteiger partial charge on any atom is -0.457 e. The maximum atomic E-state index is 12.3. The summed E-state index contributed by atoms with van der Waals surface area (Å²) in [6.45, 7) is 17.2. The molecule has 3 saturated heterocycles. The van der Waals surface area contributed by atoms with E-state index in [9.17, 15) is 9.90 Å². The van der Waals surface area contributed by atoms with Gasteiger partial charge >= 0.3 is 5.97 Å². The van der Waals surface area contributed by atoms with Crippen molar-refractivity contribution >= 4 is 5.97 Å². The van der Waals surface area contributed by atoms with E-state index in [1.807, 2.05) is 6.92 Å². The first-order chi connectivity index (χ1) is 22.8. The van der Waals surface area contributed by atoms with Gasteiger partial charge in [-0.15, -0.1) is 0 Å². The van der Waals surface area contributed by atoms with Crippen LogP contribution in [-0.4, -0.2) is 103 Å². The summed E-state index contributed by atoms with van der Waals surface area (Å²) in [5.41, 5.74) is 0.285. The summed E-state index contributed by atoms with van der Waals surface area (Å²) in [6, 6.07) is 0.536. The van der Waals surface area contributed by atoms with Crippen LogP contribution in [0.2, 0.25) is 0 Å². The fourth-order valence-electron chi connectivity index (χ4n) is 13.3. The standard InChI is InChI=1S/C38H61NO7.CH4O.H2/c1-7-31(40)46-33(35(4,5)41)27-10-8-25-28(44-27)18-26-24-9-11-29-34(2,3)30(45-32-19-39(16-17-43-32)23-20-42-21-23)12-13-38(29)22-37(24,38)15-14-36(25,26)6;1-2;/h23-30,32-33,41H,7-22H2,1-6H3;2H,1H3;1H/t24?,25?,26?,27?,28?,29?,30-,32?,33-,36?,37-,38?;;/m0../s1.